The summed E-state index contributed by atoms with van der Waals surface area (Å²) in [6.07, 6.45) is -4.33. The normalized spacial score (nSPS) is 14.0. The molecule has 27 heavy (non-hydrogen) atoms. The minimum atomic E-state index is -4.66. The van der Waals surface area contributed by atoms with Gasteiger partial charge in [-0.25, -0.2) is 8.78 Å². The molecule has 140 valence electrons. The summed E-state index contributed by atoms with van der Waals surface area (Å²) >= 11 is 0. The third-order valence-corrected chi connectivity index (χ3v) is 4.74. The van der Waals surface area contributed by atoms with Gasteiger partial charge in [-0.2, -0.15) is 13.2 Å². The van der Waals surface area contributed by atoms with Crippen LogP contribution in [0.2, 0.25) is 0 Å². The fourth-order valence-corrected chi connectivity index (χ4v) is 3.26. The maximum Gasteiger partial charge on any atom is 0.416 e. The Morgan fingerprint density at radius 2 is 1.26 bits per heavy atom. The van der Waals surface area contributed by atoms with Crippen LogP contribution in [0.15, 0.2) is 72.8 Å². The van der Waals surface area contributed by atoms with Crippen molar-refractivity contribution in [2.45, 2.75) is 24.9 Å². The molecule has 3 rings (SSSR count). The Morgan fingerprint density at radius 1 is 0.667 bits per heavy atom. The van der Waals surface area contributed by atoms with Crippen molar-refractivity contribution in [2.24, 2.45) is 0 Å². The van der Waals surface area contributed by atoms with E-state index < -0.39 is 28.8 Å². The van der Waals surface area contributed by atoms with Crippen LogP contribution in [0.1, 0.15) is 29.2 Å². The van der Waals surface area contributed by atoms with E-state index in [0.29, 0.717) is 18.1 Å². The van der Waals surface area contributed by atoms with Gasteiger partial charge in [0.15, 0.2) is 0 Å². The van der Waals surface area contributed by atoms with E-state index in [1.165, 1.54) is 24.3 Å². The van der Waals surface area contributed by atoms with Crippen molar-refractivity contribution in [3.05, 3.63) is 107 Å². The molecule has 3 aromatic rings. The number of hydrogen-bond acceptors (Lipinski definition) is 0. The van der Waals surface area contributed by atoms with Crippen LogP contribution >= 0.6 is 0 Å². The maximum atomic E-state index is 14.0. The molecule has 0 aliphatic carbocycles. The van der Waals surface area contributed by atoms with Crippen molar-refractivity contribution >= 4 is 0 Å². The standard InChI is InChI=1S/C22H17F5/c1-21(14-15-5-3-2-4-6-15,16-7-9-19(23)10-8-16)17-11-18(22(25,26)27)13-20(24)12-17/h2-13H,14H2,1H3. The molecule has 0 bridgehead atoms. The first-order valence-corrected chi connectivity index (χ1v) is 8.37. The minimum absolute atomic E-state index is 0.185. The Hall–Kier alpha value is -2.69. The van der Waals surface area contributed by atoms with Crippen LogP contribution in [0, 0.1) is 11.6 Å². The van der Waals surface area contributed by atoms with E-state index in [1.807, 2.05) is 30.3 Å². The fourth-order valence-electron chi connectivity index (χ4n) is 3.26. The molecule has 0 spiro atoms. The Bertz CT molecular complexity index is 914. The largest absolute Gasteiger partial charge is 0.416 e. The van der Waals surface area contributed by atoms with Gasteiger partial charge in [0.1, 0.15) is 11.6 Å². The van der Waals surface area contributed by atoms with E-state index in [-0.39, 0.29) is 5.56 Å². The molecular weight excluding hydrogens is 359 g/mol. The van der Waals surface area contributed by atoms with E-state index in [1.54, 1.807) is 6.92 Å². The summed E-state index contributed by atoms with van der Waals surface area (Å²) in [5, 5.41) is 0. The first-order valence-electron chi connectivity index (χ1n) is 8.37. The molecule has 3 aromatic carbocycles. The smallest absolute Gasteiger partial charge is 0.207 e. The van der Waals surface area contributed by atoms with Crippen LogP contribution in [0.4, 0.5) is 22.0 Å². The fraction of sp³-hybridized carbons (Fsp3) is 0.182. The monoisotopic (exact) mass is 376 g/mol. The number of benzene rings is 3. The van der Waals surface area contributed by atoms with Crippen molar-refractivity contribution in [3.8, 4) is 0 Å². The highest BCUT2D eigenvalue weighted by molar-refractivity contribution is 5.43. The summed E-state index contributed by atoms with van der Waals surface area (Å²) in [6, 6.07) is 17.3. The van der Waals surface area contributed by atoms with Crippen molar-refractivity contribution in [2.75, 3.05) is 0 Å². The number of halogens is 5. The highest BCUT2D eigenvalue weighted by Crippen LogP contribution is 2.39. The van der Waals surface area contributed by atoms with Gasteiger partial charge in [-0.3, -0.25) is 0 Å². The highest BCUT2D eigenvalue weighted by atomic mass is 19.4. The first kappa shape index (κ1) is 19.1. The number of alkyl halides is 3. The predicted octanol–water partition coefficient (Wildman–Crippen LogP) is 6.53. The molecular formula is C22H17F5. The first-order chi connectivity index (χ1) is 12.7. The second-order valence-corrected chi connectivity index (χ2v) is 6.73. The van der Waals surface area contributed by atoms with Crippen LogP contribution in [0.5, 0.6) is 0 Å². The van der Waals surface area contributed by atoms with Crippen LogP contribution < -0.4 is 0 Å². The molecule has 1 atom stereocenters. The average Bonchev–Trinajstić information content (AvgIpc) is 2.61. The molecule has 0 heterocycles. The molecule has 0 amide bonds. The van der Waals surface area contributed by atoms with Gasteiger partial charge in [-0.05, 0) is 53.4 Å². The zero-order chi connectivity index (χ0) is 19.7. The average molecular weight is 376 g/mol. The van der Waals surface area contributed by atoms with E-state index >= 15 is 0 Å². The zero-order valence-corrected chi connectivity index (χ0v) is 14.5. The Morgan fingerprint density at radius 3 is 1.85 bits per heavy atom. The molecule has 0 radical (unpaired) electrons. The van der Waals surface area contributed by atoms with Crippen LogP contribution in [-0.2, 0) is 18.0 Å². The quantitative estimate of drug-likeness (QED) is 0.454. The lowest BCUT2D eigenvalue weighted by Crippen LogP contribution is -2.27. The van der Waals surface area contributed by atoms with Gasteiger partial charge in [0, 0.05) is 5.41 Å². The summed E-state index contributed by atoms with van der Waals surface area (Å²) in [7, 11) is 0. The van der Waals surface area contributed by atoms with E-state index in [2.05, 4.69) is 0 Å². The van der Waals surface area contributed by atoms with Crippen molar-refractivity contribution in [1.82, 2.24) is 0 Å². The lowest BCUT2D eigenvalue weighted by atomic mass is 9.71. The SMILES string of the molecule is CC(Cc1ccccc1)(c1ccc(F)cc1)c1cc(F)cc(C(F)(F)F)c1. The minimum Gasteiger partial charge on any atom is -0.207 e. The third-order valence-electron chi connectivity index (χ3n) is 4.74. The number of hydrogen-bond donors (Lipinski definition) is 0. The predicted molar refractivity (Wildman–Crippen MR) is 94.4 cm³/mol. The lowest BCUT2D eigenvalue weighted by Gasteiger charge is -2.32. The third kappa shape index (κ3) is 4.18. The van der Waals surface area contributed by atoms with Crippen molar-refractivity contribution in [1.29, 1.82) is 0 Å². The van der Waals surface area contributed by atoms with E-state index in [9.17, 15) is 22.0 Å². The van der Waals surface area contributed by atoms with Crippen LogP contribution in [-0.4, -0.2) is 0 Å². The molecule has 0 saturated heterocycles. The van der Waals surface area contributed by atoms with Crippen LogP contribution in [0.3, 0.4) is 0 Å². The van der Waals surface area contributed by atoms with Crippen LogP contribution in [0.25, 0.3) is 0 Å². The summed E-state index contributed by atoms with van der Waals surface area (Å²) in [5.41, 5.74) is -0.352. The molecule has 0 aromatic heterocycles. The van der Waals surface area contributed by atoms with Gasteiger partial charge in [0.05, 0.1) is 5.56 Å². The van der Waals surface area contributed by atoms with E-state index in [4.69, 9.17) is 0 Å². The van der Waals surface area contributed by atoms with Crippen molar-refractivity contribution < 1.29 is 22.0 Å². The Labute approximate surface area is 154 Å². The highest BCUT2D eigenvalue weighted by Gasteiger charge is 2.35. The molecule has 0 saturated carbocycles. The Balaban J connectivity index is 2.18. The summed E-state index contributed by atoms with van der Waals surface area (Å²) in [4.78, 5) is 0. The summed E-state index contributed by atoms with van der Waals surface area (Å²) < 4.78 is 67.0. The molecule has 0 N–H and O–H groups in total. The zero-order valence-electron chi connectivity index (χ0n) is 14.5. The van der Waals surface area contributed by atoms with E-state index in [0.717, 1.165) is 17.7 Å². The van der Waals surface area contributed by atoms with Gasteiger partial charge < -0.3 is 0 Å². The summed E-state index contributed by atoms with van der Waals surface area (Å²) in [5.74, 6) is -1.41. The second-order valence-electron chi connectivity index (χ2n) is 6.73. The summed E-state index contributed by atoms with van der Waals surface area (Å²) in [6.45, 7) is 1.74. The molecule has 1 unspecified atom stereocenters. The van der Waals surface area contributed by atoms with Gasteiger partial charge in [-0.1, -0.05) is 49.4 Å². The second kappa shape index (κ2) is 7.14. The van der Waals surface area contributed by atoms with Gasteiger partial charge in [0.2, 0.25) is 0 Å². The Kier molecular flexibility index (Phi) is 5.05. The topological polar surface area (TPSA) is 0 Å². The molecule has 0 aliphatic heterocycles. The van der Waals surface area contributed by atoms with Gasteiger partial charge >= 0.3 is 6.18 Å². The molecule has 0 nitrogen and oxygen atoms in total. The molecule has 0 aliphatic rings. The lowest BCUT2D eigenvalue weighted by molar-refractivity contribution is -0.137. The van der Waals surface area contributed by atoms with Gasteiger partial charge in [0.25, 0.3) is 0 Å². The van der Waals surface area contributed by atoms with Gasteiger partial charge in [-0.15, -0.1) is 0 Å². The molecule has 0 fully saturated rings. The van der Waals surface area contributed by atoms with Crippen molar-refractivity contribution in [3.63, 3.8) is 0 Å². The maximum absolute atomic E-state index is 14.0. The molecule has 5 heteroatoms. The number of rotatable bonds is 4.